The predicted molar refractivity (Wildman–Crippen MR) is 132 cm³/mol. The van der Waals surface area contributed by atoms with Crippen LogP contribution in [0.4, 0.5) is 5.69 Å². The van der Waals surface area contributed by atoms with Crippen molar-refractivity contribution in [2.45, 2.75) is 0 Å². The van der Waals surface area contributed by atoms with E-state index >= 15 is 0 Å². The number of carbonyl (C=O) groups is 1. The van der Waals surface area contributed by atoms with Gasteiger partial charge in [0.1, 0.15) is 11.1 Å². The Morgan fingerprint density at radius 2 is 1.81 bits per heavy atom. The number of thiocarbonyl (C=S) groups is 1. The average molecular weight is 539 g/mol. The zero-order valence-electron chi connectivity index (χ0n) is 15.9. The van der Waals surface area contributed by atoms with Crippen LogP contribution in [0.1, 0.15) is 10.6 Å². The van der Waals surface area contributed by atoms with Crippen molar-refractivity contribution in [2.75, 3.05) is 5.32 Å². The molecule has 0 fully saturated rings. The molecule has 2 aromatic heterocycles. The van der Waals surface area contributed by atoms with Gasteiger partial charge >= 0.3 is 0 Å². The fourth-order valence-electron chi connectivity index (χ4n) is 3.17. The summed E-state index contributed by atoms with van der Waals surface area (Å²) in [5.41, 5.74) is 3.59. The quantitative estimate of drug-likeness (QED) is 0.217. The molecule has 0 radical (unpaired) electrons. The molecule has 0 bridgehead atoms. The minimum atomic E-state index is -0.419. The lowest BCUT2D eigenvalue weighted by Crippen LogP contribution is -2.33. The van der Waals surface area contributed by atoms with Gasteiger partial charge in [-0.05, 0) is 83.3 Å². The predicted octanol–water partition coefficient (Wildman–Crippen LogP) is 5.97. The molecule has 8 heteroatoms. The van der Waals surface area contributed by atoms with E-state index in [0.717, 1.165) is 14.5 Å². The highest BCUT2D eigenvalue weighted by Gasteiger charge is 2.14. The zero-order chi connectivity index (χ0) is 21.4. The van der Waals surface area contributed by atoms with E-state index in [1.165, 1.54) is 0 Å². The van der Waals surface area contributed by atoms with Crippen LogP contribution in [-0.2, 0) is 0 Å². The van der Waals surface area contributed by atoms with Crippen molar-refractivity contribution < 1.29 is 13.6 Å². The van der Waals surface area contributed by atoms with Gasteiger partial charge in [-0.3, -0.25) is 10.1 Å². The molecular formula is C23H14IN3O3S. The Morgan fingerprint density at radius 3 is 2.65 bits per heavy atom. The molecule has 0 saturated carbocycles. The minimum Gasteiger partial charge on any atom is -0.451 e. The summed E-state index contributed by atoms with van der Waals surface area (Å²) < 4.78 is 12.5. The first-order valence-electron chi connectivity index (χ1n) is 9.33. The van der Waals surface area contributed by atoms with Crippen molar-refractivity contribution in [2.24, 2.45) is 0 Å². The van der Waals surface area contributed by atoms with Crippen LogP contribution in [0, 0.1) is 3.57 Å². The van der Waals surface area contributed by atoms with E-state index in [-0.39, 0.29) is 10.9 Å². The number of para-hydroxylation sites is 1. The summed E-state index contributed by atoms with van der Waals surface area (Å²) in [4.78, 5) is 17.0. The molecule has 5 rings (SSSR count). The number of aromatic nitrogens is 1. The highest BCUT2D eigenvalue weighted by Crippen LogP contribution is 2.27. The Balaban J connectivity index is 1.31. The van der Waals surface area contributed by atoms with Crippen molar-refractivity contribution >= 4 is 73.6 Å². The number of rotatable bonds is 3. The van der Waals surface area contributed by atoms with Gasteiger partial charge in [-0.1, -0.05) is 24.3 Å². The summed E-state index contributed by atoms with van der Waals surface area (Å²) in [6.07, 6.45) is 0. The molecule has 6 nitrogen and oxygen atoms in total. The number of fused-ring (bicyclic) bond motifs is 2. The molecule has 3 aromatic carbocycles. The Labute approximate surface area is 195 Å². The first kappa shape index (κ1) is 19.7. The molecule has 152 valence electrons. The second-order valence-corrected chi connectivity index (χ2v) is 8.42. The molecule has 0 aliphatic rings. The molecule has 1 amide bonds. The number of carbonyl (C=O) groups excluding carboxylic acids is 1. The van der Waals surface area contributed by atoms with Crippen LogP contribution in [0.25, 0.3) is 33.5 Å². The molecule has 5 aromatic rings. The molecule has 0 atom stereocenters. The van der Waals surface area contributed by atoms with Crippen LogP contribution in [0.3, 0.4) is 0 Å². The maximum atomic E-state index is 12.5. The lowest BCUT2D eigenvalue weighted by molar-refractivity contribution is 0.0953. The SMILES string of the molecule is O=C(NC(=S)Nc1ccc2oc(-c3cccc(I)c3)nc2c1)c1cc2ccccc2o1. The van der Waals surface area contributed by atoms with Crippen molar-refractivity contribution in [1.82, 2.24) is 10.3 Å². The molecule has 0 saturated heterocycles. The summed E-state index contributed by atoms with van der Waals surface area (Å²) in [5.74, 6) is 0.322. The smallest absolute Gasteiger partial charge is 0.293 e. The molecule has 0 aliphatic heterocycles. The van der Waals surface area contributed by atoms with Gasteiger partial charge in [0.15, 0.2) is 16.5 Å². The highest BCUT2D eigenvalue weighted by atomic mass is 127. The van der Waals surface area contributed by atoms with Crippen LogP contribution in [0.2, 0.25) is 0 Å². The Morgan fingerprint density at radius 1 is 0.935 bits per heavy atom. The van der Waals surface area contributed by atoms with Crippen LogP contribution in [0.15, 0.2) is 81.6 Å². The van der Waals surface area contributed by atoms with Crippen molar-refractivity contribution in [3.8, 4) is 11.5 Å². The van der Waals surface area contributed by atoms with Gasteiger partial charge in [-0.25, -0.2) is 4.98 Å². The highest BCUT2D eigenvalue weighted by molar-refractivity contribution is 14.1. The van der Waals surface area contributed by atoms with Crippen LogP contribution < -0.4 is 10.6 Å². The summed E-state index contributed by atoms with van der Waals surface area (Å²) in [5, 5.41) is 6.65. The summed E-state index contributed by atoms with van der Waals surface area (Å²) >= 11 is 7.53. The number of benzene rings is 3. The fourth-order valence-corrected chi connectivity index (χ4v) is 3.92. The van der Waals surface area contributed by atoms with Gasteiger partial charge in [0.2, 0.25) is 5.89 Å². The number of nitrogens with one attached hydrogen (secondary N) is 2. The minimum absolute atomic E-state index is 0.158. The number of oxazole rings is 1. The molecule has 2 N–H and O–H groups in total. The van der Waals surface area contributed by atoms with E-state index in [0.29, 0.717) is 28.3 Å². The van der Waals surface area contributed by atoms with E-state index < -0.39 is 5.91 Å². The Hall–Kier alpha value is -3.24. The fraction of sp³-hybridized carbons (Fsp3) is 0. The lowest BCUT2D eigenvalue weighted by atomic mass is 10.2. The van der Waals surface area contributed by atoms with E-state index in [4.69, 9.17) is 21.1 Å². The van der Waals surface area contributed by atoms with Gasteiger partial charge in [0.25, 0.3) is 5.91 Å². The number of hydrogen-bond donors (Lipinski definition) is 2. The zero-order valence-corrected chi connectivity index (χ0v) is 18.9. The number of halogens is 1. The van der Waals surface area contributed by atoms with Crippen LogP contribution in [-0.4, -0.2) is 16.0 Å². The number of hydrogen-bond acceptors (Lipinski definition) is 5. The summed E-state index contributed by atoms with van der Waals surface area (Å²) in [6.45, 7) is 0. The third kappa shape index (κ3) is 4.17. The molecule has 0 aliphatic carbocycles. The first-order chi connectivity index (χ1) is 15.0. The topological polar surface area (TPSA) is 80.3 Å². The lowest BCUT2D eigenvalue weighted by Gasteiger charge is -2.08. The molecular weight excluding hydrogens is 525 g/mol. The standard InChI is InChI=1S/C23H14IN3O3S/c24-15-6-3-5-14(10-15)22-26-17-12-16(8-9-19(17)30-22)25-23(31)27-21(28)20-11-13-4-1-2-7-18(13)29-20/h1-12H,(H2,25,27,28,31). The number of anilines is 1. The third-order valence-electron chi connectivity index (χ3n) is 4.59. The largest absolute Gasteiger partial charge is 0.451 e. The van der Waals surface area contributed by atoms with Crippen LogP contribution >= 0.6 is 34.8 Å². The molecule has 0 unspecified atom stereocenters. The number of furan rings is 1. The van der Waals surface area contributed by atoms with Gasteiger partial charge < -0.3 is 14.2 Å². The Kier molecular flexibility index (Phi) is 5.16. The van der Waals surface area contributed by atoms with Crippen molar-refractivity contribution in [3.05, 3.63) is 82.1 Å². The number of amides is 1. The molecule has 31 heavy (non-hydrogen) atoms. The van der Waals surface area contributed by atoms with Gasteiger partial charge in [-0.15, -0.1) is 0 Å². The van der Waals surface area contributed by atoms with Gasteiger partial charge in [0, 0.05) is 20.2 Å². The maximum Gasteiger partial charge on any atom is 0.293 e. The second kappa shape index (κ2) is 8.12. The third-order valence-corrected chi connectivity index (χ3v) is 5.47. The van der Waals surface area contributed by atoms with E-state index in [1.807, 2.05) is 60.7 Å². The van der Waals surface area contributed by atoms with Crippen molar-refractivity contribution in [3.63, 3.8) is 0 Å². The summed E-state index contributed by atoms with van der Waals surface area (Å²) in [6, 6.07) is 22.5. The monoisotopic (exact) mass is 539 g/mol. The van der Waals surface area contributed by atoms with Gasteiger partial charge in [-0.2, -0.15) is 0 Å². The van der Waals surface area contributed by atoms with E-state index in [2.05, 4.69) is 38.2 Å². The first-order valence-corrected chi connectivity index (χ1v) is 10.8. The molecule has 0 spiro atoms. The van der Waals surface area contributed by atoms with E-state index in [9.17, 15) is 4.79 Å². The van der Waals surface area contributed by atoms with Gasteiger partial charge in [0.05, 0.1) is 0 Å². The summed E-state index contributed by atoms with van der Waals surface area (Å²) in [7, 11) is 0. The average Bonchev–Trinajstić information content (AvgIpc) is 3.37. The van der Waals surface area contributed by atoms with E-state index in [1.54, 1.807) is 12.1 Å². The maximum absolute atomic E-state index is 12.5. The van der Waals surface area contributed by atoms with Crippen LogP contribution in [0.5, 0.6) is 0 Å². The molecule has 2 heterocycles. The Bertz CT molecular complexity index is 1420. The normalized spacial score (nSPS) is 11.0. The number of nitrogens with zero attached hydrogens (tertiary/aromatic N) is 1. The second-order valence-electron chi connectivity index (χ2n) is 6.77. The van der Waals surface area contributed by atoms with Crippen molar-refractivity contribution in [1.29, 1.82) is 0 Å².